The lowest BCUT2D eigenvalue weighted by atomic mass is 10.1. The van der Waals surface area contributed by atoms with Gasteiger partial charge in [0.2, 0.25) is 0 Å². The molecule has 0 atom stereocenters. The van der Waals surface area contributed by atoms with Crippen molar-refractivity contribution in [3.05, 3.63) is 76.3 Å². The van der Waals surface area contributed by atoms with Crippen LogP contribution in [0.3, 0.4) is 0 Å². The van der Waals surface area contributed by atoms with Crippen molar-refractivity contribution in [1.82, 2.24) is 0 Å². The molecule has 2 rings (SSSR count). The molecule has 6 nitrogen and oxygen atoms in total. The van der Waals surface area contributed by atoms with E-state index in [-0.39, 0.29) is 0 Å². The van der Waals surface area contributed by atoms with Gasteiger partial charge in [-0.2, -0.15) is 0 Å². The molecule has 1 N–H and O–H groups in total. The summed E-state index contributed by atoms with van der Waals surface area (Å²) in [5, 5.41) is 12.1. The zero-order valence-electron chi connectivity index (χ0n) is 10.9. The molecular formula is C15H11N3O3. The van der Waals surface area contributed by atoms with Crippen LogP contribution in [0.25, 0.3) is 16.5 Å². The molecule has 0 bridgehead atoms. The third-order valence-electron chi connectivity index (χ3n) is 2.55. The molecule has 0 radical (unpaired) electrons. The Morgan fingerprint density at radius 2 is 1.81 bits per heavy atom. The van der Waals surface area contributed by atoms with Crippen LogP contribution in [-0.2, 0) is 4.79 Å². The van der Waals surface area contributed by atoms with Crippen molar-refractivity contribution in [2.75, 3.05) is 0 Å². The van der Waals surface area contributed by atoms with Crippen LogP contribution in [0, 0.1) is 0 Å². The van der Waals surface area contributed by atoms with Crippen LogP contribution < -0.4 is 4.74 Å². The SMILES string of the molecule is [N-]=[N+]=NC(=Cc1ccccc1Oc1ccccc1)C(=O)O. The Kier molecular flexibility index (Phi) is 4.58. The van der Waals surface area contributed by atoms with Crippen molar-refractivity contribution in [3.8, 4) is 11.5 Å². The average molecular weight is 281 g/mol. The number of hydrogen-bond acceptors (Lipinski definition) is 3. The Hall–Kier alpha value is -3.24. The predicted molar refractivity (Wildman–Crippen MR) is 77.7 cm³/mol. The third kappa shape index (κ3) is 3.86. The molecule has 0 fully saturated rings. The minimum absolute atomic E-state index is 0.401. The van der Waals surface area contributed by atoms with E-state index < -0.39 is 11.7 Å². The Bertz CT molecular complexity index is 716. The first-order valence-electron chi connectivity index (χ1n) is 6.02. The highest BCUT2D eigenvalue weighted by molar-refractivity contribution is 5.92. The largest absolute Gasteiger partial charge is 0.478 e. The van der Waals surface area contributed by atoms with Crippen LogP contribution >= 0.6 is 0 Å². The van der Waals surface area contributed by atoms with Gasteiger partial charge < -0.3 is 9.84 Å². The zero-order valence-corrected chi connectivity index (χ0v) is 10.9. The number of carboxylic acid groups (broad SMARTS) is 1. The van der Waals surface area contributed by atoms with Gasteiger partial charge in [0.25, 0.3) is 0 Å². The van der Waals surface area contributed by atoms with E-state index in [2.05, 4.69) is 10.0 Å². The molecule has 0 saturated heterocycles. The monoisotopic (exact) mass is 281 g/mol. The highest BCUT2D eigenvalue weighted by atomic mass is 16.5. The number of ether oxygens (including phenoxy) is 1. The van der Waals surface area contributed by atoms with Crippen LogP contribution in [0.2, 0.25) is 0 Å². The summed E-state index contributed by atoms with van der Waals surface area (Å²) in [6.45, 7) is 0. The van der Waals surface area contributed by atoms with Gasteiger partial charge in [-0.15, -0.1) is 0 Å². The van der Waals surface area contributed by atoms with Crippen molar-refractivity contribution in [2.45, 2.75) is 0 Å². The third-order valence-corrected chi connectivity index (χ3v) is 2.55. The molecule has 0 heterocycles. The van der Waals surface area contributed by atoms with E-state index in [1.807, 2.05) is 18.2 Å². The summed E-state index contributed by atoms with van der Waals surface area (Å²) in [6, 6.07) is 16.0. The molecule has 2 aromatic rings. The summed E-state index contributed by atoms with van der Waals surface area (Å²) in [4.78, 5) is 13.5. The molecule has 0 spiro atoms. The van der Waals surface area contributed by atoms with E-state index in [1.165, 1.54) is 6.08 Å². The molecule has 0 aliphatic heterocycles. The van der Waals surface area contributed by atoms with Crippen molar-refractivity contribution in [2.24, 2.45) is 5.11 Å². The van der Waals surface area contributed by atoms with Gasteiger partial charge >= 0.3 is 5.97 Å². The number of para-hydroxylation sites is 2. The van der Waals surface area contributed by atoms with Crippen molar-refractivity contribution in [1.29, 1.82) is 0 Å². The normalized spacial score (nSPS) is 10.6. The van der Waals surface area contributed by atoms with E-state index in [9.17, 15) is 4.79 Å². The van der Waals surface area contributed by atoms with Gasteiger partial charge in [-0.25, -0.2) is 4.79 Å². The van der Waals surface area contributed by atoms with Crippen LogP contribution in [0.1, 0.15) is 5.56 Å². The fourth-order valence-electron chi connectivity index (χ4n) is 1.64. The minimum atomic E-state index is -1.30. The van der Waals surface area contributed by atoms with Crippen LogP contribution in [0.5, 0.6) is 11.5 Å². The maximum atomic E-state index is 11.0. The fraction of sp³-hybridized carbons (Fsp3) is 0. The van der Waals surface area contributed by atoms with Gasteiger partial charge in [0.1, 0.15) is 17.2 Å². The molecule has 0 amide bonds. The lowest BCUT2D eigenvalue weighted by Crippen LogP contribution is -1.97. The maximum Gasteiger partial charge on any atom is 0.338 e. The molecule has 0 aliphatic rings. The molecule has 6 heteroatoms. The molecule has 21 heavy (non-hydrogen) atoms. The Labute approximate surface area is 120 Å². The topological polar surface area (TPSA) is 95.3 Å². The quantitative estimate of drug-likeness (QED) is 0.384. The van der Waals surface area contributed by atoms with Gasteiger partial charge in [-0.05, 0) is 29.8 Å². The summed E-state index contributed by atoms with van der Waals surface area (Å²) >= 11 is 0. The molecule has 0 aromatic heterocycles. The highest BCUT2D eigenvalue weighted by Gasteiger charge is 2.08. The average Bonchev–Trinajstić information content (AvgIpc) is 2.49. The van der Waals surface area contributed by atoms with Crippen LogP contribution in [0.15, 0.2) is 65.4 Å². The van der Waals surface area contributed by atoms with Gasteiger partial charge in [0.15, 0.2) is 0 Å². The number of nitrogens with zero attached hydrogens (tertiary/aromatic N) is 3. The molecule has 104 valence electrons. The molecule has 0 unspecified atom stereocenters. The Balaban J connectivity index is 2.39. The number of carboxylic acids is 1. The summed E-state index contributed by atoms with van der Waals surface area (Å²) in [5.41, 5.74) is 8.50. The van der Waals surface area contributed by atoms with Crippen molar-refractivity contribution in [3.63, 3.8) is 0 Å². The number of hydrogen-bond donors (Lipinski definition) is 1. The lowest BCUT2D eigenvalue weighted by molar-refractivity contribution is -0.132. The number of benzene rings is 2. The first kappa shape index (κ1) is 14.2. The standard InChI is InChI=1S/C15H11N3O3/c16-18-17-13(15(19)20)10-11-6-4-5-9-14(11)21-12-7-2-1-3-8-12/h1-10H,(H,19,20). The Morgan fingerprint density at radius 1 is 1.14 bits per heavy atom. The van der Waals surface area contributed by atoms with Gasteiger partial charge in [-0.1, -0.05) is 41.5 Å². The van der Waals surface area contributed by atoms with E-state index in [4.69, 9.17) is 15.4 Å². The number of rotatable bonds is 5. The van der Waals surface area contributed by atoms with Crippen LogP contribution in [-0.4, -0.2) is 11.1 Å². The second-order valence-corrected chi connectivity index (χ2v) is 3.98. The first-order chi connectivity index (χ1) is 10.2. The van der Waals surface area contributed by atoms with E-state index in [0.717, 1.165) is 0 Å². The van der Waals surface area contributed by atoms with Crippen molar-refractivity contribution < 1.29 is 14.6 Å². The summed E-state index contributed by atoms with van der Waals surface area (Å²) < 4.78 is 5.70. The van der Waals surface area contributed by atoms with Gasteiger partial charge in [-0.3, -0.25) is 0 Å². The summed E-state index contributed by atoms with van der Waals surface area (Å²) in [6.07, 6.45) is 1.26. The number of carbonyl (C=O) groups is 1. The molecule has 2 aromatic carbocycles. The van der Waals surface area contributed by atoms with E-state index in [1.54, 1.807) is 36.4 Å². The summed E-state index contributed by atoms with van der Waals surface area (Å²) in [7, 11) is 0. The number of aliphatic carboxylic acids is 1. The Morgan fingerprint density at radius 3 is 2.48 bits per heavy atom. The van der Waals surface area contributed by atoms with Crippen LogP contribution in [0.4, 0.5) is 0 Å². The van der Waals surface area contributed by atoms with E-state index >= 15 is 0 Å². The van der Waals surface area contributed by atoms with Crippen molar-refractivity contribution >= 4 is 12.0 Å². The fourth-order valence-corrected chi connectivity index (χ4v) is 1.64. The first-order valence-corrected chi connectivity index (χ1v) is 6.02. The predicted octanol–water partition coefficient (Wildman–Crippen LogP) is 4.21. The second-order valence-electron chi connectivity index (χ2n) is 3.98. The molecule has 0 saturated carbocycles. The smallest absolute Gasteiger partial charge is 0.338 e. The summed E-state index contributed by atoms with van der Waals surface area (Å²) in [5.74, 6) is -0.211. The van der Waals surface area contributed by atoms with Gasteiger partial charge in [0, 0.05) is 10.5 Å². The second kappa shape index (κ2) is 6.79. The number of azide groups is 1. The highest BCUT2D eigenvalue weighted by Crippen LogP contribution is 2.27. The lowest BCUT2D eigenvalue weighted by Gasteiger charge is -2.08. The molecular weight excluding hydrogens is 270 g/mol. The van der Waals surface area contributed by atoms with E-state index in [0.29, 0.717) is 17.1 Å². The zero-order chi connectivity index (χ0) is 15.1. The van der Waals surface area contributed by atoms with Gasteiger partial charge in [0.05, 0.1) is 0 Å². The molecule has 0 aliphatic carbocycles. The minimum Gasteiger partial charge on any atom is -0.478 e. The maximum absolute atomic E-state index is 11.0.